The van der Waals surface area contributed by atoms with Crippen LogP contribution in [0.15, 0.2) is 23.4 Å². The lowest BCUT2D eigenvalue weighted by Crippen LogP contribution is -2.38. The Bertz CT molecular complexity index is 491. The zero-order chi connectivity index (χ0) is 15.3. The fourth-order valence-corrected chi connectivity index (χ4v) is 1.45. The molecule has 0 heterocycles. The summed E-state index contributed by atoms with van der Waals surface area (Å²) in [5.41, 5.74) is 5.73. The van der Waals surface area contributed by atoms with Gasteiger partial charge in [-0.3, -0.25) is 0 Å². The molecule has 20 heavy (non-hydrogen) atoms. The maximum absolute atomic E-state index is 13.0. The number of hydrogen-bond acceptors (Lipinski definition) is 4. The van der Waals surface area contributed by atoms with Crippen LogP contribution in [-0.2, 0) is 6.54 Å². The van der Waals surface area contributed by atoms with Crippen LogP contribution >= 0.6 is 0 Å². The number of aliphatic hydroxyl groups excluding tert-OH is 1. The van der Waals surface area contributed by atoms with Gasteiger partial charge in [0.15, 0.2) is 11.9 Å². The lowest BCUT2D eigenvalue weighted by atomic mass is 10.1. The van der Waals surface area contributed by atoms with Gasteiger partial charge in [-0.2, -0.15) is 13.2 Å². The molecule has 9 heteroatoms. The maximum Gasteiger partial charge on any atom is 0.415 e. The van der Waals surface area contributed by atoms with Crippen LogP contribution in [-0.4, -0.2) is 35.0 Å². The van der Waals surface area contributed by atoms with Gasteiger partial charge < -0.3 is 21.4 Å². The van der Waals surface area contributed by atoms with E-state index in [0.717, 1.165) is 12.1 Å². The van der Waals surface area contributed by atoms with Crippen molar-refractivity contribution >= 4 is 5.84 Å². The van der Waals surface area contributed by atoms with Crippen molar-refractivity contribution in [1.82, 2.24) is 5.32 Å². The van der Waals surface area contributed by atoms with E-state index in [1.807, 2.05) is 0 Å². The van der Waals surface area contributed by atoms with Gasteiger partial charge in [0.1, 0.15) is 5.82 Å². The normalized spacial score (nSPS) is 14.3. The Kier molecular flexibility index (Phi) is 5.28. The van der Waals surface area contributed by atoms with Crippen LogP contribution in [0.4, 0.5) is 17.6 Å². The predicted octanol–water partition coefficient (Wildman–Crippen LogP) is 0.933. The molecule has 0 saturated carbocycles. The average Bonchev–Trinajstić information content (AvgIpc) is 2.38. The maximum atomic E-state index is 13.0. The quantitative estimate of drug-likeness (QED) is 0.214. The number of rotatable bonds is 5. The molecule has 1 aromatic rings. The number of nitrogens with two attached hydrogens (primary N) is 1. The Morgan fingerprint density at radius 1 is 1.40 bits per heavy atom. The summed E-state index contributed by atoms with van der Waals surface area (Å²) in [4.78, 5) is 0. The molecule has 1 unspecified atom stereocenters. The van der Waals surface area contributed by atoms with E-state index in [0.29, 0.717) is 5.56 Å². The minimum Gasteiger partial charge on any atom is -0.409 e. The molecule has 5 nitrogen and oxygen atoms in total. The summed E-state index contributed by atoms with van der Waals surface area (Å²) < 4.78 is 49.3. The zero-order valence-electron chi connectivity index (χ0n) is 10.2. The highest BCUT2D eigenvalue weighted by atomic mass is 19.4. The summed E-state index contributed by atoms with van der Waals surface area (Å²) in [5, 5.41) is 22.4. The highest BCUT2D eigenvalue weighted by Crippen LogP contribution is 2.19. The standard InChI is InChI=1S/C11H13F4N3O2/c12-7-2-1-6(8(3-7)10(16)18-20)4-17-5-9(19)11(13,14)15/h1-3,9,17,19-20H,4-5H2,(H2,16,18). The molecule has 1 aromatic carbocycles. The third-order valence-corrected chi connectivity index (χ3v) is 2.49. The predicted molar refractivity (Wildman–Crippen MR) is 62.7 cm³/mol. The van der Waals surface area contributed by atoms with Crippen molar-refractivity contribution in [2.24, 2.45) is 10.9 Å². The summed E-state index contributed by atoms with van der Waals surface area (Å²) in [6.45, 7) is -0.838. The van der Waals surface area contributed by atoms with Crippen LogP contribution in [0, 0.1) is 5.82 Å². The highest BCUT2D eigenvalue weighted by Gasteiger charge is 2.37. The Morgan fingerprint density at radius 3 is 2.60 bits per heavy atom. The molecule has 112 valence electrons. The molecule has 0 saturated heterocycles. The van der Waals surface area contributed by atoms with Crippen LogP contribution < -0.4 is 11.1 Å². The molecular weight excluding hydrogens is 282 g/mol. The van der Waals surface area contributed by atoms with E-state index in [1.165, 1.54) is 6.07 Å². The van der Waals surface area contributed by atoms with Gasteiger partial charge in [-0.15, -0.1) is 0 Å². The molecule has 1 rings (SSSR count). The highest BCUT2D eigenvalue weighted by molar-refractivity contribution is 5.98. The number of aliphatic hydroxyl groups is 1. The number of alkyl halides is 3. The molecule has 0 aliphatic carbocycles. The van der Waals surface area contributed by atoms with Crippen molar-refractivity contribution in [2.45, 2.75) is 18.8 Å². The lowest BCUT2D eigenvalue weighted by Gasteiger charge is -2.16. The lowest BCUT2D eigenvalue weighted by molar-refractivity contribution is -0.201. The van der Waals surface area contributed by atoms with Crippen molar-refractivity contribution in [3.63, 3.8) is 0 Å². The van der Waals surface area contributed by atoms with E-state index in [9.17, 15) is 17.6 Å². The molecule has 0 aromatic heterocycles. The van der Waals surface area contributed by atoms with Crippen LogP contribution in [0.5, 0.6) is 0 Å². The molecular formula is C11H13F4N3O2. The molecule has 0 aliphatic heterocycles. The smallest absolute Gasteiger partial charge is 0.409 e. The number of nitrogens with one attached hydrogen (secondary N) is 1. The molecule has 0 spiro atoms. The second-order valence-electron chi connectivity index (χ2n) is 3.98. The van der Waals surface area contributed by atoms with Gasteiger partial charge in [-0.1, -0.05) is 11.2 Å². The first-order valence-electron chi connectivity index (χ1n) is 5.47. The van der Waals surface area contributed by atoms with Gasteiger partial charge in [0, 0.05) is 18.7 Å². The Labute approximate surface area is 111 Å². The second-order valence-corrected chi connectivity index (χ2v) is 3.98. The molecule has 0 amide bonds. The van der Waals surface area contributed by atoms with E-state index in [-0.39, 0.29) is 17.9 Å². The zero-order valence-corrected chi connectivity index (χ0v) is 10.2. The first-order valence-corrected chi connectivity index (χ1v) is 5.47. The van der Waals surface area contributed by atoms with Crippen molar-refractivity contribution < 1.29 is 27.9 Å². The van der Waals surface area contributed by atoms with Gasteiger partial charge in [0.25, 0.3) is 0 Å². The van der Waals surface area contributed by atoms with Crippen LogP contribution in [0.25, 0.3) is 0 Å². The van der Waals surface area contributed by atoms with E-state index >= 15 is 0 Å². The van der Waals surface area contributed by atoms with Gasteiger partial charge in [0.2, 0.25) is 0 Å². The van der Waals surface area contributed by atoms with Gasteiger partial charge >= 0.3 is 6.18 Å². The first kappa shape index (κ1) is 16.2. The number of hydrogen-bond donors (Lipinski definition) is 4. The topological polar surface area (TPSA) is 90.9 Å². The molecule has 0 aliphatic rings. The summed E-state index contributed by atoms with van der Waals surface area (Å²) in [5.74, 6) is -0.997. The van der Waals surface area contributed by atoms with E-state index in [4.69, 9.17) is 16.0 Å². The number of benzene rings is 1. The minimum absolute atomic E-state index is 0.0569. The number of halogens is 4. The molecule has 0 fully saturated rings. The van der Waals surface area contributed by atoms with Crippen molar-refractivity contribution in [2.75, 3.05) is 6.54 Å². The summed E-state index contributed by atoms with van der Waals surface area (Å²) in [6, 6.07) is 3.37. The third-order valence-electron chi connectivity index (χ3n) is 2.49. The monoisotopic (exact) mass is 295 g/mol. The minimum atomic E-state index is -4.72. The van der Waals surface area contributed by atoms with Gasteiger partial charge in [-0.25, -0.2) is 4.39 Å². The molecule has 5 N–H and O–H groups in total. The van der Waals surface area contributed by atoms with E-state index in [1.54, 1.807) is 0 Å². The summed E-state index contributed by atoms with van der Waals surface area (Å²) in [6.07, 6.45) is -7.22. The Morgan fingerprint density at radius 2 is 2.05 bits per heavy atom. The Balaban J connectivity index is 2.74. The van der Waals surface area contributed by atoms with Gasteiger partial charge in [-0.05, 0) is 17.7 Å². The SMILES string of the molecule is N/C(=N/O)c1cc(F)ccc1CNCC(O)C(F)(F)F. The van der Waals surface area contributed by atoms with Crippen LogP contribution in [0.2, 0.25) is 0 Å². The fourth-order valence-electron chi connectivity index (χ4n) is 1.45. The molecule has 0 bridgehead atoms. The molecule has 1 atom stereocenters. The second kappa shape index (κ2) is 6.53. The van der Waals surface area contributed by atoms with Crippen LogP contribution in [0.3, 0.4) is 0 Å². The number of oxime groups is 1. The Hall–Kier alpha value is -1.87. The average molecular weight is 295 g/mol. The van der Waals surface area contributed by atoms with E-state index < -0.39 is 24.6 Å². The van der Waals surface area contributed by atoms with Crippen molar-refractivity contribution in [3.05, 3.63) is 35.1 Å². The van der Waals surface area contributed by atoms with Gasteiger partial charge in [0.05, 0.1) is 0 Å². The summed E-state index contributed by atoms with van der Waals surface area (Å²) >= 11 is 0. The number of nitrogens with zero attached hydrogens (tertiary/aromatic N) is 1. The van der Waals surface area contributed by atoms with Crippen molar-refractivity contribution in [1.29, 1.82) is 0 Å². The molecule has 0 radical (unpaired) electrons. The third kappa shape index (κ3) is 4.35. The summed E-state index contributed by atoms with van der Waals surface area (Å²) in [7, 11) is 0. The largest absolute Gasteiger partial charge is 0.415 e. The van der Waals surface area contributed by atoms with E-state index in [2.05, 4.69) is 10.5 Å². The number of amidine groups is 1. The van der Waals surface area contributed by atoms with Crippen LogP contribution in [0.1, 0.15) is 11.1 Å². The fraction of sp³-hybridized carbons (Fsp3) is 0.364. The first-order chi connectivity index (χ1) is 9.25. The van der Waals surface area contributed by atoms with Crippen molar-refractivity contribution in [3.8, 4) is 0 Å².